The number of nitrogen functional groups attached to an aromatic ring is 1. The van der Waals surface area contributed by atoms with Crippen molar-refractivity contribution in [1.82, 2.24) is 10.2 Å². The number of rotatable bonds is 5. The van der Waals surface area contributed by atoms with Gasteiger partial charge in [0.25, 0.3) is 0 Å². The third-order valence-corrected chi connectivity index (χ3v) is 5.86. The highest BCUT2D eigenvalue weighted by Gasteiger charge is 2.57. The van der Waals surface area contributed by atoms with Gasteiger partial charge in [0.2, 0.25) is 11.8 Å². The van der Waals surface area contributed by atoms with E-state index in [4.69, 9.17) is 5.73 Å². The van der Waals surface area contributed by atoms with Crippen LogP contribution < -0.4 is 16.4 Å². The van der Waals surface area contributed by atoms with Crippen LogP contribution in [-0.4, -0.2) is 48.5 Å². The zero-order chi connectivity index (χ0) is 20.6. The van der Waals surface area contributed by atoms with Crippen molar-refractivity contribution in [3.05, 3.63) is 22.7 Å². The summed E-state index contributed by atoms with van der Waals surface area (Å²) in [5, 5.41) is 5.44. The van der Waals surface area contributed by atoms with Crippen molar-refractivity contribution in [3.8, 4) is 0 Å². The summed E-state index contributed by atoms with van der Waals surface area (Å²) in [5.74, 6) is -0.196. The number of hydrogen-bond acceptors (Lipinski definition) is 5. The number of halogens is 1. The lowest BCUT2D eigenvalue weighted by molar-refractivity contribution is -0.140. The van der Waals surface area contributed by atoms with E-state index in [1.54, 1.807) is 23.1 Å². The van der Waals surface area contributed by atoms with Crippen molar-refractivity contribution < 1.29 is 19.1 Å². The van der Waals surface area contributed by atoms with Gasteiger partial charge in [0.15, 0.2) is 0 Å². The van der Waals surface area contributed by atoms with E-state index >= 15 is 0 Å². The number of benzene rings is 1. The number of nitrogens with zero attached hydrogens (tertiary/aromatic N) is 1. The fourth-order valence-electron chi connectivity index (χ4n) is 3.76. The molecule has 1 aliphatic heterocycles. The lowest BCUT2D eigenvalue weighted by atomic mass is 10.0. The van der Waals surface area contributed by atoms with Gasteiger partial charge in [-0.05, 0) is 42.4 Å². The van der Waals surface area contributed by atoms with E-state index in [2.05, 4.69) is 31.3 Å². The summed E-state index contributed by atoms with van der Waals surface area (Å²) < 4.78 is 5.45. The Balaban J connectivity index is 1.77. The van der Waals surface area contributed by atoms with Crippen LogP contribution in [0.1, 0.15) is 20.3 Å². The number of methoxy groups -OCH3 is 1. The predicted octanol–water partition coefficient (Wildman–Crippen LogP) is 2.20. The monoisotopic (exact) mass is 452 g/mol. The molecular formula is C19H25BrN4O4. The molecule has 0 bridgehead atoms. The van der Waals surface area contributed by atoms with E-state index in [0.29, 0.717) is 23.8 Å². The maximum atomic E-state index is 13.1. The van der Waals surface area contributed by atoms with Crippen molar-refractivity contribution in [3.63, 3.8) is 0 Å². The zero-order valence-corrected chi connectivity index (χ0v) is 17.7. The third-order valence-electron chi connectivity index (χ3n) is 5.36. The smallest absolute Gasteiger partial charge is 0.407 e. The second-order valence-electron chi connectivity index (χ2n) is 7.67. The highest BCUT2D eigenvalue weighted by Crippen LogP contribution is 2.50. The summed E-state index contributed by atoms with van der Waals surface area (Å²) in [4.78, 5) is 39.3. The Morgan fingerprint density at radius 3 is 2.64 bits per heavy atom. The minimum Gasteiger partial charge on any atom is -0.453 e. The molecule has 3 amide bonds. The summed E-state index contributed by atoms with van der Waals surface area (Å²) in [7, 11) is 1.25. The third kappa shape index (κ3) is 4.09. The summed E-state index contributed by atoms with van der Waals surface area (Å²) >= 11 is 3.34. The fourth-order valence-corrected chi connectivity index (χ4v) is 4.14. The number of carbonyl (C=O) groups excluding carboxylic acids is 3. The number of fused-ring (bicyclic) bond motifs is 1. The Kier molecular flexibility index (Phi) is 5.83. The first-order valence-corrected chi connectivity index (χ1v) is 10.0. The molecule has 0 spiro atoms. The molecule has 3 rings (SSSR count). The van der Waals surface area contributed by atoms with Gasteiger partial charge in [-0.3, -0.25) is 9.59 Å². The number of piperidine rings is 1. The van der Waals surface area contributed by atoms with Gasteiger partial charge in [-0.15, -0.1) is 0 Å². The minimum absolute atomic E-state index is 0.144. The van der Waals surface area contributed by atoms with Gasteiger partial charge < -0.3 is 26.0 Å². The Hall–Kier alpha value is -2.29. The van der Waals surface area contributed by atoms with E-state index in [-0.39, 0.29) is 23.7 Å². The molecule has 4 unspecified atom stereocenters. The molecule has 1 aliphatic carbocycles. The van der Waals surface area contributed by atoms with Crippen molar-refractivity contribution in [2.45, 2.75) is 32.4 Å². The summed E-state index contributed by atoms with van der Waals surface area (Å²) in [6.45, 7) is 4.20. The van der Waals surface area contributed by atoms with Gasteiger partial charge in [-0.1, -0.05) is 29.8 Å². The van der Waals surface area contributed by atoms with E-state index in [1.165, 1.54) is 7.11 Å². The lowest BCUT2D eigenvalue weighted by Crippen LogP contribution is -2.55. The normalized spacial score (nSPS) is 23.8. The molecule has 0 aromatic heterocycles. The topological polar surface area (TPSA) is 114 Å². The summed E-state index contributed by atoms with van der Waals surface area (Å²) in [6, 6.07) is 3.90. The van der Waals surface area contributed by atoms with Gasteiger partial charge in [0, 0.05) is 11.0 Å². The van der Waals surface area contributed by atoms with Crippen LogP contribution in [0.5, 0.6) is 0 Å². The van der Waals surface area contributed by atoms with Gasteiger partial charge in [0.1, 0.15) is 12.1 Å². The first kappa shape index (κ1) is 20.4. The Morgan fingerprint density at radius 1 is 1.32 bits per heavy atom. The van der Waals surface area contributed by atoms with E-state index in [9.17, 15) is 14.4 Å². The Labute approximate surface area is 172 Å². The van der Waals surface area contributed by atoms with Crippen LogP contribution in [0.4, 0.5) is 16.2 Å². The van der Waals surface area contributed by atoms with Crippen LogP contribution in [0.15, 0.2) is 22.7 Å². The maximum Gasteiger partial charge on any atom is 0.407 e. The van der Waals surface area contributed by atoms with Gasteiger partial charge in [0.05, 0.1) is 18.5 Å². The molecule has 1 aromatic carbocycles. The maximum absolute atomic E-state index is 13.1. The van der Waals surface area contributed by atoms with E-state index in [0.717, 1.165) is 10.9 Å². The quantitative estimate of drug-likeness (QED) is 0.592. The Morgan fingerprint density at radius 2 is 2.04 bits per heavy atom. The number of amides is 3. The lowest BCUT2D eigenvalue weighted by Gasteiger charge is -2.32. The van der Waals surface area contributed by atoms with Crippen molar-refractivity contribution in [1.29, 1.82) is 0 Å². The fraction of sp³-hybridized carbons (Fsp3) is 0.526. The number of nitrogens with one attached hydrogen (secondary N) is 2. The van der Waals surface area contributed by atoms with E-state index < -0.39 is 18.2 Å². The number of alkyl carbamates (subject to hydrolysis) is 1. The second kappa shape index (κ2) is 7.98. The molecular weight excluding hydrogens is 428 g/mol. The number of anilines is 2. The van der Waals surface area contributed by atoms with Crippen LogP contribution in [0.25, 0.3) is 0 Å². The van der Waals surface area contributed by atoms with Gasteiger partial charge in [-0.25, -0.2) is 4.79 Å². The van der Waals surface area contributed by atoms with Crippen LogP contribution in [0.3, 0.4) is 0 Å². The zero-order valence-electron chi connectivity index (χ0n) is 16.1. The molecule has 4 atom stereocenters. The summed E-state index contributed by atoms with van der Waals surface area (Å²) in [5.41, 5.74) is 6.93. The van der Waals surface area contributed by atoms with Gasteiger partial charge >= 0.3 is 6.09 Å². The van der Waals surface area contributed by atoms with Crippen LogP contribution in [0, 0.1) is 17.8 Å². The molecule has 0 radical (unpaired) electrons. The predicted molar refractivity (Wildman–Crippen MR) is 108 cm³/mol. The largest absolute Gasteiger partial charge is 0.453 e. The first-order valence-electron chi connectivity index (χ1n) is 9.23. The average molecular weight is 453 g/mol. The average Bonchev–Trinajstić information content (AvgIpc) is 3.30. The highest BCUT2D eigenvalue weighted by molar-refractivity contribution is 9.10. The van der Waals surface area contributed by atoms with Crippen molar-refractivity contribution in [2.24, 2.45) is 17.8 Å². The number of hydrogen-bond donors (Lipinski definition) is 3. The number of ether oxygens (including phenoxy) is 1. The molecule has 1 heterocycles. The molecule has 1 saturated heterocycles. The number of carbonyl (C=O) groups is 3. The molecule has 9 heteroatoms. The highest BCUT2D eigenvalue weighted by atomic mass is 79.9. The number of likely N-dealkylation sites (tertiary alicyclic amines) is 1. The van der Waals surface area contributed by atoms with E-state index in [1.807, 2.05) is 13.8 Å². The van der Waals surface area contributed by atoms with Crippen molar-refractivity contribution >= 4 is 45.2 Å². The summed E-state index contributed by atoms with van der Waals surface area (Å²) in [6.07, 6.45) is 0.258. The minimum atomic E-state index is -0.752. The van der Waals surface area contributed by atoms with Crippen LogP contribution in [0.2, 0.25) is 0 Å². The molecule has 1 aromatic rings. The molecule has 2 fully saturated rings. The standard InChI is InChI=1S/C19H25BrN4O4/c1-9(2)15(23-19(27)28-3)18(26)24-8-10-6-12(10)16(24)17(25)22-14-5-4-11(20)7-13(14)21/h4-5,7,9-10,12,15-16H,6,8,21H2,1-3H3,(H,22,25)(H,23,27). The Bertz CT molecular complexity index is 800. The molecule has 1 saturated carbocycles. The number of nitrogens with two attached hydrogens (primary N) is 1. The first-order chi connectivity index (χ1) is 13.2. The molecule has 152 valence electrons. The molecule has 8 nitrogen and oxygen atoms in total. The molecule has 2 aliphatic rings. The molecule has 28 heavy (non-hydrogen) atoms. The van der Waals surface area contributed by atoms with Crippen LogP contribution >= 0.6 is 15.9 Å². The molecule has 4 N–H and O–H groups in total. The second-order valence-corrected chi connectivity index (χ2v) is 8.59. The van der Waals surface area contributed by atoms with Gasteiger partial charge in [-0.2, -0.15) is 0 Å². The SMILES string of the molecule is COC(=O)NC(C(=O)N1CC2CC2C1C(=O)Nc1ccc(Br)cc1N)C(C)C. The van der Waals surface area contributed by atoms with Crippen molar-refractivity contribution in [2.75, 3.05) is 24.7 Å². The van der Waals surface area contributed by atoms with Crippen LogP contribution in [-0.2, 0) is 14.3 Å².